The zero-order valence-electron chi connectivity index (χ0n) is 20.3. The van der Waals surface area contributed by atoms with E-state index in [2.05, 4.69) is 33.7 Å². The molecular formula is C27H31N3O5. The number of rotatable bonds is 8. The molecule has 4 rings (SSSR count). The summed E-state index contributed by atoms with van der Waals surface area (Å²) in [5.41, 5.74) is 4.02. The second kappa shape index (κ2) is 11.1. The first kappa shape index (κ1) is 24.3. The molecule has 184 valence electrons. The van der Waals surface area contributed by atoms with Crippen LogP contribution in [0.4, 0.5) is 4.79 Å². The minimum atomic E-state index is -0.747. The van der Waals surface area contributed by atoms with Crippen molar-refractivity contribution in [2.24, 2.45) is 0 Å². The third-order valence-electron chi connectivity index (χ3n) is 6.21. The van der Waals surface area contributed by atoms with Crippen molar-refractivity contribution in [2.45, 2.75) is 19.4 Å². The quantitative estimate of drug-likeness (QED) is 0.564. The van der Waals surface area contributed by atoms with E-state index in [9.17, 15) is 9.59 Å². The molecule has 2 heterocycles. The van der Waals surface area contributed by atoms with Crippen LogP contribution in [0.15, 0.2) is 65.9 Å². The van der Waals surface area contributed by atoms with E-state index >= 15 is 0 Å². The lowest BCUT2D eigenvalue weighted by molar-refractivity contribution is -0.139. The highest BCUT2D eigenvalue weighted by Crippen LogP contribution is 2.39. The number of benzene rings is 2. The summed E-state index contributed by atoms with van der Waals surface area (Å²) in [6, 6.07) is 14.6. The molecule has 1 atom stereocenters. The SMILES string of the molecule is CCOC(=O)C1=C(CN2CC=C(c3ccccc3)CC2)NC(=O)NC1c1cccc(OC)c1OC. The standard InChI is InChI=1S/C27H31N3O5/c1-4-35-26(31)23-21(17-30-15-13-19(14-16-30)18-9-6-5-7-10-18)28-27(32)29-24(23)20-11-8-12-22(33-2)25(20)34-3/h5-13,24H,4,14-17H2,1-3H3,(H2,28,29,32). The maximum Gasteiger partial charge on any atom is 0.338 e. The van der Waals surface area contributed by atoms with Gasteiger partial charge in [-0.2, -0.15) is 0 Å². The van der Waals surface area contributed by atoms with Gasteiger partial charge in [0, 0.05) is 30.9 Å². The zero-order valence-corrected chi connectivity index (χ0v) is 20.3. The molecular weight excluding hydrogens is 446 g/mol. The molecule has 8 heteroatoms. The Morgan fingerprint density at radius 1 is 1.09 bits per heavy atom. The molecule has 1 unspecified atom stereocenters. The highest BCUT2D eigenvalue weighted by molar-refractivity contribution is 5.95. The van der Waals surface area contributed by atoms with Crippen LogP contribution >= 0.6 is 0 Å². The van der Waals surface area contributed by atoms with Gasteiger partial charge < -0.3 is 24.8 Å². The van der Waals surface area contributed by atoms with Gasteiger partial charge in [0.15, 0.2) is 11.5 Å². The van der Waals surface area contributed by atoms with E-state index in [1.807, 2.05) is 24.3 Å². The lowest BCUT2D eigenvalue weighted by Crippen LogP contribution is -2.49. The van der Waals surface area contributed by atoms with Crippen LogP contribution in [0.5, 0.6) is 11.5 Å². The van der Waals surface area contributed by atoms with Gasteiger partial charge in [-0.3, -0.25) is 4.90 Å². The summed E-state index contributed by atoms with van der Waals surface area (Å²) in [4.78, 5) is 28.1. The monoisotopic (exact) mass is 477 g/mol. The summed E-state index contributed by atoms with van der Waals surface area (Å²) < 4.78 is 16.4. The van der Waals surface area contributed by atoms with Crippen LogP contribution in [0, 0.1) is 0 Å². The van der Waals surface area contributed by atoms with Gasteiger partial charge in [0.1, 0.15) is 0 Å². The molecule has 8 nitrogen and oxygen atoms in total. The maximum absolute atomic E-state index is 13.2. The average molecular weight is 478 g/mol. The Morgan fingerprint density at radius 2 is 1.89 bits per heavy atom. The Labute approximate surface area is 205 Å². The minimum absolute atomic E-state index is 0.221. The predicted molar refractivity (Wildman–Crippen MR) is 133 cm³/mol. The molecule has 0 fully saturated rings. The van der Waals surface area contributed by atoms with Gasteiger partial charge >= 0.3 is 12.0 Å². The molecule has 35 heavy (non-hydrogen) atoms. The van der Waals surface area contributed by atoms with E-state index in [-0.39, 0.29) is 12.6 Å². The molecule has 0 aromatic heterocycles. The summed E-state index contributed by atoms with van der Waals surface area (Å²) in [5.74, 6) is 0.483. The molecule has 0 aliphatic carbocycles. The van der Waals surface area contributed by atoms with E-state index < -0.39 is 12.0 Å². The van der Waals surface area contributed by atoms with Gasteiger partial charge in [-0.25, -0.2) is 9.59 Å². The smallest absolute Gasteiger partial charge is 0.338 e. The topological polar surface area (TPSA) is 89.1 Å². The largest absolute Gasteiger partial charge is 0.493 e. The van der Waals surface area contributed by atoms with Crippen molar-refractivity contribution in [2.75, 3.05) is 40.5 Å². The number of ether oxygens (including phenoxy) is 3. The highest BCUT2D eigenvalue weighted by atomic mass is 16.5. The minimum Gasteiger partial charge on any atom is -0.493 e. The first-order chi connectivity index (χ1) is 17.0. The van der Waals surface area contributed by atoms with Gasteiger partial charge in [-0.15, -0.1) is 0 Å². The number of hydrogen-bond donors (Lipinski definition) is 2. The number of methoxy groups -OCH3 is 2. The van der Waals surface area contributed by atoms with E-state index in [1.165, 1.54) is 18.2 Å². The van der Waals surface area contributed by atoms with Crippen molar-refractivity contribution in [3.8, 4) is 11.5 Å². The Hall–Kier alpha value is -3.78. The number of amides is 2. The van der Waals surface area contributed by atoms with Crippen LogP contribution in [0.1, 0.15) is 30.5 Å². The van der Waals surface area contributed by atoms with Gasteiger partial charge in [-0.05, 0) is 30.5 Å². The van der Waals surface area contributed by atoms with Crippen LogP contribution in [0.25, 0.3) is 5.57 Å². The van der Waals surface area contributed by atoms with E-state index in [4.69, 9.17) is 14.2 Å². The molecule has 2 aromatic carbocycles. The summed E-state index contributed by atoms with van der Waals surface area (Å²) in [6.45, 7) is 3.90. The molecule has 2 N–H and O–H groups in total. The molecule has 2 aliphatic rings. The lowest BCUT2D eigenvalue weighted by Gasteiger charge is -2.33. The van der Waals surface area contributed by atoms with E-state index in [0.717, 1.165) is 13.0 Å². The summed E-state index contributed by atoms with van der Waals surface area (Å²) in [6.07, 6.45) is 3.08. The van der Waals surface area contributed by atoms with Crippen LogP contribution in [0.2, 0.25) is 0 Å². The van der Waals surface area contributed by atoms with Crippen LogP contribution in [-0.4, -0.2) is 57.4 Å². The van der Waals surface area contributed by atoms with Crippen molar-refractivity contribution in [1.82, 2.24) is 15.5 Å². The molecule has 0 spiro atoms. The average Bonchev–Trinajstić information content (AvgIpc) is 2.88. The van der Waals surface area contributed by atoms with Gasteiger partial charge in [0.05, 0.1) is 32.4 Å². The van der Waals surface area contributed by atoms with Crippen LogP contribution < -0.4 is 20.1 Å². The Morgan fingerprint density at radius 3 is 2.54 bits per heavy atom. The van der Waals surface area contributed by atoms with Gasteiger partial charge in [0.2, 0.25) is 0 Å². The van der Waals surface area contributed by atoms with E-state index in [1.54, 1.807) is 26.2 Å². The fourth-order valence-electron chi connectivity index (χ4n) is 4.56. The Balaban J connectivity index is 1.67. The van der Waals surface area contributed by atoms with Gasteiger partial charge in [-0.1, -0.05) is 48.5 Å². The summed E-state index contributed by atoms with van der Waals surface area (Å²) >= 11 is 0. The second-order valence-corrected chi connectivity index (χ2v) is 8.31. The Kier molecular flexibility index (Phi) is 7.72. The van der Waals surface area contributed by atoms with Gasteiger partial charge in [0.25, 0.3) is 0 Å². The van der Waals surface area contributed by atoms with Crippen molar-refractivity contribution < 1.29 is 23.8 Å². The fraction of sp³-hybridized carbons (Fsp3) is 0.333. The number of esters is 1. The van der Waals surface area contributed by atoms with Crippen molar-refractivity contribution >= 4 is 17.6 Å². The second-order valence-electron chi connectivity index (χ2n) is 8.31. The molecule has 0 bridgehead atoms. The number of para-hydroxylation sites is 1. The summed E-state index contributed by atoms with van der Waals surface area (Å²) in [7, 11) is 3.08. The maximum atomic E-state index is 13.2. The molecule has 2 aliphatic heterocycles. The third-order valence-corrected chi connectivity index (χ3v) is 6.21. The molecule has 2 aromatic rings. The van der Waals surface area contributed by atoms with Crippen molar-refractivity contribution in [1.29, 1.82) is 0 Å². The van der Waals surface area contributed by atoms with Crippen LogP contribution in [0.3, 0.4) is 0 Å². The lowest BCUT2D eigenvalue weighted by atomic mass is 9.93. The number of urea groups is 1. The zero-order chi connectivity index (χ0) is 24.8. The highest BCUT2D eigenvalue weighted by Gasteiger charge is 2.36. The first-order valence-electron chi connectivity index (χ1n) is 11.7. The molecule has 0 radical (unpaired) electrons. The molecule has 0 saturated carbocycles. The number of nitrogens with one attached hydrogen (secondary N) is 2. The molecule has 0 saturated heterocycles. The fourth-order valence-corrected chi connectivity index (χ4v) is 4.56. The first-order valence-corrected chi connectivity index (χ1v) is 11.7. The molecule has 2 amide bonds. The van der Waals surface area contributed by atoms with E-state index in [0.29, 0.717) is 41.4 Å². The van der Waals surface area contributed by atoms with Crippen molar-refractivity contribution in [3.63, 3.8) is 0 Å². The Bertz CT molecular complexity index is 1140. The van der Waals surface area contributed by atoms with Crippen LogP contribution in [-0.2, 0) is 9.53 Å². The normalized spacial score (nSPS) is 18.3. The third kappa shape index (κ3) is 5.33. The number of carbonyl (C=O) groups excluding carboxylic acids is 2. The number of hydrogen-bond acceptors (Lipinski definition) is 6. The number of nitrogens with zero attached hydrogens (tertiary/aromatic N) is 1. The number of carbonyl (C=O) groups is 2. The van der Waals surface area contributed by atoms with Crippen molar-refractivity contribution in [3.05, 3.63) is 77.0 Å². The predicted octanol–water partition coefficient (Wildman–Crippen LogP) is 3.66. The summed E-state index contributed by atoms with van der Waals surface area (Å²) in [5, 5.41) is 5.73.